The summed E-state index contributed by atoms with van der Waals surface area (Å²) in [5, 5.41) is 14.9. The molecule has 7 nitrogen and oxygen atoms in total. The monoisotopic (exact) mass is 374 g/mol. The summed E-state index contributed by atoms with van der Waals surface area (Å²) in [6.45, 7) is 5.91. The van der Waals surface area contributed by atoms with Crippen LogP contribution in [0.15, 0.2) is 47.6 Å². The molecule has 2 aromatic carbocycles. The van der Waals surface area contributed by atoms with E-state index in [4.69, 9.17) is 11.6 Å². The molecule has 0 saturated heterocycles. The lowest BCUT2D eigenvalue weighted by Crippen LogP contribution is -2.22. The number of nitrogens with zero attached hydrogens (tertiary/aromatic N) is 3. The Kier molecular flexibility index (Phi) is 6.68. The van der Waals surface area contributed by atoms with Gasteiger partial charge >= 0.3 is 0 Å². The van der Waals surface area contributed by atoms with Crippen molar-refractivity contribution in [2.24, 2.45) is 5.10 Å². The second-order valence-electron chi connectivity index (χ2n) is 5.38. The van der Waals surface area contributed by atoms with Gasteiger partial charge in [-0.05, 0) is 44.2 Å². The lowest BCUT2D eigenvalue weighted by Gasteiger charge is -2.20. The zero-order chi connectivity index (χ0) is 19.1. The molecule has 0 atom stereocenters. The second-order valence-corrected chi connectivity index (χ2v) is 5.79. The van der Waals surface area contributed by atoms with Crippen LogP contribution in [0.25, 0.3) is 0 Å². The fraction of sp³-hybridized carbons (Fsp3) is 0.222. The first kappa shape index (κ1) is 19.4. The molecule has 136 valence electrons. The summed E-state index contributed by atoms with van der Waals surface area (Å²) in [6.07, 6.45) is 1.28. The number of carbonyl (C=O) groups is 1. The highest BCUT2D eigenvalue weighted by Gasteiger charge is 2.09. The van der Waals surface area contributed by atoms with Crippen molar-refractivity contribution in [3.8, 4) is 0 Å². The van der Waals surface area contributed by atoms with Crippen molar-refractivity contribution in [2.75, 3.05) is 18.0 Å². The van der Waals surface area contributed by atoms with Crippen LogP contribution in [0.4, 0.5) is 11.4 Å². The van der Waals surface area contributed by atoms with Crippen LogP contribution in [0.5, 0.6) is 0 Å². The van der Waals surface area contributed by atoms with Crippen molar-refractivity contribution in [1.82, 2.24) is 5.43 Å². The van der Waals surface area contributed by atoms with Gasteiger partial charge in [0.25, 0.3) is 11.6 Å². The number of rotatable bonds is 7. The van der Waals surface area contributed by atoms with Crippen molar-refractivity contribution in [2.45, 2.75) is 13.8 Å². The number of nitro benzene ring substituents is 1. The van der Waals surface area contributed by atoms with Crippen LogP contribution in [-0.2, 0) is 0 Å². The molecule has 0 aliphatic carbocycles. The molecule has 8 heteroatoms. The van der Waals surface area contributed by atoms with E-state index in [2.05, 4.69) is 29.3 Å². The van der Waals surface area contributed by atoms with Gasteiger partial charge in [-0.2, -0.15) is 5.10 Å². The Morgan fingerprint density at radius 2 is 1.88 bits per heavy atom. The maximum atomic E-state index is 12.1. The van der Waals surface area contributed by atoms with Gasteiger partial charge < -0.3 is 4.90 Å². The largest absolute Gasteiger partial charge is 0.372 e. The van der Waals surface area contributed by atoms with Gasteiger partial charge in [0.15, 0.2) is 0 Å². The highest BCUT2D eigenvalue weighted by Crippen LogP contribution is 2.20. The number of anilines is 1. The molecule has 0 saturated carbocycles. The van der Waals surface area contributed by atoms with Crippen LogP contribution in [0.3, 0.4) is 0 Å². The molecule has 0 spiro atoms. The molecule has 0 heterocycles. The number of non-ortho nitro benzene ring substituents is 1. The number of hydrazone groups is 1. The van der Waals surface area contributed by atoms with Gasteiger partial charge in [0.05, 0.1) is 11.1 Å². The molecule has 0 bridgehead atoms. The fourth-order valence-corrected chi connectivity index (χ4v) is 2.55. The molecular weight excluding hydrogens is 356 g/mol. The topological polar surface area (TPSA) is 87.8 Å². The van der Waals surface area contributed by atoms with Crippen molar-refractivity contribution < 1.29 is 9.72 Å². The van der Waals surface area contributed by atoms with Crippen molar-refractivity contribution in [3.05, 3.63) is 68.7 Å². The Labute approximate surface area is 156 Å². The predicted molar refractivity (Wildman–Crippen MR) is 103 cm³/mol. The predicted octanol–water partition coefficient (Wildman–Crippen LogP) is 3.86. The molecule has 0 radical (unpaired) electrons. The number of nitro groups is 1. The Morgan fingerprint density at radius 1 is 1.23 bits per heavy atom. The molecule has 2 aromatic rings. The highest BCUT2D eigenvalue weighted by molar-refractivity contribution is 6.33. The number of halogens is 1. The molecule has 26 heavy (non-hydrogen) atoms. The highest BCUT2D eigenvalue weighted by atomic mass is 35.5. The third-order valence-corrected chi connectivity index (χ3v) is 4.16. The van der Waals surface area contributed by atoms with E-state index in [1.807, 2.05) is 12.1 Å². The minimum Gasteiger partial charge on any atom is -0.372 e. The Balaban J connectivity index is 2.05. The van der Waals surface area contributed by atoms with E-state index in [0.29, 0.717) is 16.1 Å². The summed E-state index contributed by atoms with van der Waals surface area (Å²) in [6, 6.07) is 11.2. The molecule has 2 rings (SSSR count). The first-order valence-corrected chi connectivity index (χ1v) is 8.46. The van der Waals surface area contributed by atoms with E-state index in [1.54, 1.807) is 12.1 Å². The average Bonchev–Trinajstić information content (AvgIpc) is 2.64. The maximum Gasteiger partial charge on any atom is 0.271 e. The number of hydrogen-bond donors (Lipinski definition) is 1. The van der Waals surface area contributed by atoms with Crippen molar-refractivity contribution in [1.29, 1.82) is 0 Å². The van der Waals surface area contributed by atoms with Gasteiger partial charge in [-0.15, -0.1) is 0 Å². The molecule has 1 amide bonds. The van der Waals surface area contributed by atoms with Gasteiger partial charge in [0, 0.05) is 47.1 Å². The molecule has 0 aliphatic heterocycles. The van der Waals surface area contributed by atoms with E-state index in [9.17, 15) is 14.9 Å². The number of benzene rings is 2. The molecule has 0 unspecified atom stereocenters. The summed E-state index contributed by atoms with van der Waals surface area (Å²) >= 11 is 5.98. The summed E-state index contributed by atoms with van der Waals surface area (Å²) in [4.78, 5) is 24.6. The van der Waals surface area contributed by atoms with Gasteiger partial charge in [0.1, 0.15) is 0 Å². The van der Waals surface area contributed by atoms with E-state index < -0.39 is 4.92 Å². The third-order valence-electron chi connectivity index (χ3n) is 3.82. The Bertz CT molecular complexity index is 818. The first-order valence-electron chi connectivity index (χ1n) is 8.08. The Hall–Kier alpha value is -2.93. The van der Waals surface area contributed by atoms with E-state index in [-0.39, 0.29) is 11.6 Å². The summed E-state index contributed by atoms with van der Waals surface area (Å²) in [5.74, 6) is -0.381. The molecule has 1 N–H and O–H groups in total. The zero-order valence-electron chi connectivity index (χ0n) is 14.5. The van der Waals surface area contributed by atoms with Gasteiger partial charge in [-0.25, -0.2) is 5.43 Å². The first-order chi connectivity index (χ1) is 12.5. The number of carbonyl (C=O) groups excluding carboxylic acids is 1. The quantitative estimate of drug-likeness (QED) is 0.453. The van der Waals surface area contributed by atoms with Gasteiger partial charge in [-0.3, -0.25) is 14.9 Å². The lowest BCUT2D eigenvalue weighted by molar-refractivity contribution is -0.384. The van der Waals surface area contributed by atoms with Gasteiger partial charge in [0.2, 0.25) is 0 Å². The van der Waals surface area contributed by atoms with Crippen LogP contribution in [0.1, 0.15) is 29.8 Å². The molecule has 0 aromatic heterocycles. The maximum absolute atomic E-state index is 12.1. The van der Waals surface area contributed by atoms with E-state index in [0.717, 1.165) is 18.8 Å². The van der Waals surface area contributed by atoms with E-state index >= 15 is 0 Å². The van der Waals surface area contributed by atoms with Gasteiger partial charge in [-0.1, -0.05) is 11.6 Å². The fourth-order valence-electron chi connectivity index (χ4n) is 2.38. The summed E-state index contributed by atoms with van der Waals surface area (Å²) < 4.78 is 0. The van der Waals surface area contributed by atoms with E-state index in [1.165, 1.54) is 24.4 Å². The standard InChI is InChI=1S/C18H19ClN4O3/c1-3-22(4-2)15-7-5-13(6-8-15)18(24)21-20-12-14-11-16(23(25)26)9-10-17(14)19/h5-12H,3-4H2,1-2H3,(H,21,24)/b20-12-. The number of nitrogens with one attached hydrogen (secondary N) is 1. The third kappa shape index (κ3) is 4.80. The van der Waals surface area contributed by atoms with Crippen molar-refractivity contribution in [3.63, 3.8) is 0 Å². The van der Waals surface area contributed by atoms with Crippen LogP contribution in [0, 0.1) is 10.1 Å². The molecule has 0 aliphatic rings. The summed E-state index contributed by atoms with van der Waals surface area (Å²) in [7, 11) is 0. The minimum atomic E-state index is -0.524. The average molecular weight is 375 g/mol. The Morgan fingerprint density at radius 3 is 2.46 bits per heavy atom. The number of amides is 1. The minimum absolute atomic E-state index is 0.103. The smallest absolute Gasteiger partial charge is 0.271 e. The molecular formula is C18H19ClN4O3. The van der Waals surface area contributed by atoms with Crippen LogP contribution in [0.2, 0.25) is 5.02 Å². The van der Waals surface area contributed by atoms with Crippen molar-refractivity contribution >= 4 is 35.1 Å². The second kappa shape index (κ2) is 8.96. The molecule has 0 fully saturated rings. The van der Waals surface area contributed by atoms with Crippen LogP contribution in [-0.4, -0.2) is 30.1 Å². The SMILES string of the molecule is CCN(CC)c1ccc(C(=O)N/N=C\c2cc([N+](=O)[O-])ccc2Cl)cc1. The van der Waals surface area contributed by atoms with Crippen LogP contribution < -0.4 is 10.3 Å². The zero-order valence-corrected chi connectivity index (χ0v) is 15.2. The number of hydrogen-bond acceptors (Lipinski definition) is 5. The summed E-state index contributed by atoms with van der Waals surface area (Å²) in [5.41, 5.74) is 4.13. The van der Waals surface area contributed by atoms with Crippen LogP contribution >= 0.6 is 11.6 Å². The lowest BCUT2D eigenvalue weighted by atomic mass is 10.2. The normalized spacial score (nSPS) is 10.7.